The fourth-order valence-electron chi connectivity index (χ4n) is 2.05. The van der Waals surface area contributed by atoms with Crippen LogP contribution in [0.4, 0.5) is 0 Å². The highest BCUT2D eigenvalue weighted by atomic mass is 35.5. The molecule has 1 N–H and O–H groups in total. The number of halogens is 1. The number of H-pyrrole nitrogens is 1. The summed E-state index contributed by atoms with van der Waals surface area (Å²) in [5, 5.41) is 7.79. The standard InChI is InChI=1S/C14H18ClN3OS/c1-3-18-13(16-17-14(18)20)5-4-8-19-12-7-6-11(15)9-10(12)2/h6-7,9H,3-5,8H2,1-2H3,(H,17,20). The molecule has 0 radical (unpaired) electrons. The fraction of sp³-hybridized carbons (Fsp3) is 0.429. The second-order valence-electron chi connectivity index (χ2n) is 4.55. The highest BCUT2D eigenvalue weighted by molar-refractivity contribution is 7.71. The molecule has 1 aromatic heterocycles. The smallest absolute Gasteiger partial charge is 0.195 e. The van der Waals surface area contributed by atoms with E-state index in [1.165, 1.54) is 0 Å². The van der Waals surface area contributed by atoms with Gasteiger partial charge in [-0.2, -0.15) is 5.10 Å². The van der Waals surface area contributed by atoms with Gasteiger partial charge in [-0.15, -0.1) is 0 Å². The normalized spacial score (nSPS) is 10.8. The van der Waals surface area contributed by atoms with Crippen LogP contribution in [0.25, 0.3) is 0 Å². The van der Waals surface area contributed by atoms with Gasteiger partial charge in [-0.25, -0.2) is 0 Å². The molecule has 0 aliphatic carbocycles. The van der Waals surface area contributed by atoms with E-state index in [4.69, 9.17) is 28.6 Å². The SMILES string of the molecule is CCn1c(CCCOc2ccc(Cl)cc2C)n[nH]c1=S. The molecule has 1 aromatic carbocycles. The quantitative estimate of drug-likeness (QED) is 0.649. The maximum Gasteiger partial charge on any atom is 0.195 e. The van der Waals surface area contributed by atoms with Crippen LogP contribution in [-0.4, -0.2) is 21.4 Å². The minimum absolute atomic E-state index is 0.645. The summed E-state index contributed by atoms with van der Waals surface area (Å²) in [5.41, 5.74) is 1.05. The molecule has 0 aliphatic heterocycles. The Morgan fingerprint density at radius 2 is 2.25 bits per heavy atom. The van der Waals surface area contributed by atoms with Crippen LogP contribution in [-0.2, 0) is 13.0 Å². The van der Waals surface area contributed by atoms with Gasteiger partial charge in [0.2, 0.25) is 0 Å². The van der Waals surface area contributed by atoms with Gasteiger partial charge in [0, 0.05) is 18.0 Å². The van der Waals surface area contributed by atoms with E-state index in [-0.39, 0.29) is 0 Å². The van der Waals surface area contributed by atoms with Gasteiger partial charge in [-0.05, 0) is 56.2 Å². The van der Waals surface area contributed by atoms with Gasteiger partial charge in [-0.1, -0.05) is 11.6 Å². The lowest BCUT2D eigenvalue weighted by Gasteiger charge is -2.09. The Morgan fingerprint density at radius 1 is 1.45 bits per heavy atom. The van der Waals surface area contributed by atoms with Crippen molar-refractivity contribution in [2.75, 3.05) is 6.61 Å². The Hall–Kier alpha value is -1.33. The number of ether oxygens (including phenoxy) is 1. The molecular weight excluding hydrogens is 294 g/mol. The predicted octanol–water partition coefficient (Wildman–Crippen LogP) is 3.93. The fourth-order valence-corrected chi connectivity index (χ4v) is 2.56. The molecule has 0 aliphatic rings. The van der Waals surface area contributed by atoms with Crippen LogP contribution < -0.4 is 4.74 Å². The lowest BCUT2D eigenvalue weighted by Crippen LogP contribution is -2.06. The minimum Gasteiger partial charge on any atom is -0.493 e. The molecule has 0 saturated carbocycles. The topological polar surface area (TPSA) is 42.8 Å². The second kappa shape index (κ2) is 6.90. The summed E-state index contributed by atoms with van der Waals surface area (Å²) in [5.74, 6) is 1.86. The van der Waals surface area contributed by atoms with Crippen molar-refractivity contribution in [2.24, 2.45) is 0 Å². The molecule has 0 amide bonds. The number of aromatic amines is 1. The van der Waals surface area contributed by atoms with Crippen LogP contribution in [0.5, 0.6) is 5.75 Å². The van der Waals surface area contributed by atoms with E-state index >= 15 is 0 Å². The number of hydrogen-bond acceptors (Lipinski definition) is 3. The molecule has 0 saturated heterocycles. The van der Waals surface area contributed by atoms with Crippen LogP contribution >= 0.6 is 23.8 Å². The monoisotopic (exact) mass is 311 g/mol. The number of nitrogens with zero attached hydrogens (tertiary/aromatic N) is 2. The first-order chi connectivity index (χ1) is 9.61. The van der Waals surface area contributed by atoms with Crippen LogP contribution in [0.2, 0.25) is 5.02 Å². The number of rotatable bonds is 6. The molecule has 6 heteroatoms. The Balaban J connectivity index is 1.86. The molecule has 20 heavy (non-hydrogen) atoms. The number of hydrogen-bond donors (Lipinski definition) is 1. The Morgan fingerprint density at radius 3 is 2.95 bits per heavy atom. The molecule has 0 spiro atoms. The van der Waals surface area contributed by atoms with E-state index in [9.17, 15) is 0 Å². The van der Waals surface area contributed by atoms with Crippen molar-refractivity contribution < 1.29 is 4.74 Å². The maximum atomic E-state index is 5.91. The van der Waals surface area contributed by atoms with Gasteiger partial charge < -0.3 is 9.30 Å². The summed E-state index contributed by atoms with van der Waals surface area (Å²) in [7, 11) is 0. The predicted molar refractivity (Wildman–Crippen MR) is 83.1 cm³/mol. The lowest BCUT2D eigenvalue weighted by atomic mass is 10.2. The van der Waals surface area contributed by atoms with Crippen LogP contribution in [0, 0.1) is 11.7 Å². The average Bonchev–Trinajstić information content (AvgIpc) is 2.77. The van der Waals surface area contributed by atoms with Crippen molar-refractivity contribution in [3.8, 4) is 5.75 Å². The Bertz CT molecular complexity index is 636. The summed E-state index contributed by atoms with van der Waals surface area (Å²) in [6.45, 7) is 5.53. The first kappa shape index (κ1) is 15.1. The highest BCUT2D eigenvalue weighted by Gasteiger charge is 2.05. The molecule has 0 fully saturated rings. The third-order valence-electron chi connectivity index (χ3n) is 3.09. The van der Waals surface area contributed by atoms with Gasteiger partial charge >= 0.3 is 0 Å². The Kier molecular flexibility index (Phi) is 5.20. The van der Waals surface area contributed by atoms with Gasteiger partial charge in [-0.3, -0.25) is 5.10 Å². The number of benzene rings is 1. The number of aromatic nitrogens is 3. The van der Waals surface area contributed by atoms with Crippen molar-refractivity contribution in [1.82, 2.24) is 14.8 Å². The molecule has 0 unspecified atom stereocenters. The number of nitrogens with one attached hydrogen (secondary N) is 1. The molecule has 2 aromatic rings. The molecule has 1 heterocycles. The zero-order valence-electron chi connectivity index (χ0n) is 11.6. The van der Waals surface area contributed by atoms with E-state index in [2.05, 4.69) is 17.1 Å². The van der Waals surface area contributed by atoms with E-state index in [1.54, 1.807) is 0 Å². The van der Waals surface area contributed by atoms with Crippen molar-refractivity contribution in [3.63, 3.8) is 0 Å². The first-order valence-corrected chi connectivity index (χ1v) is 7.43. The van der Waals surface area contributed by atoms with Crippen LogP contribution in [0.1, 0.15) is 24.7 Å². The maximum absolute atomic E-state index is 5.91. The first-order valence-electron chi connectivity index (χ1n) is 6.65. The lowest BCUT2D eigenvalue weighted by molar-refractivity contribution is 0.307. The van der Waals surface area contributed by atoms with Gasteiger partial charge in [0.05, 0.1) is 6.61 Å². The van der Waals surface area contributed by atoms with E-state index in [0.717, 1.165) is 41.5 Å². The van der Waals surface area contributed by atoms with Crippen LogP contribution in [0.3, 0.4) is 0 Å². The third-order valence-corrected chi connectivity index (χ3v) is 3.64. The van der Waals surface area contributed by atoms with Crippen molar-refractivity contribution in [1.29, 1.82) is 0 Å². The molecule has 108 valence electrons. The van der Waals surface area contributed by atoms with Crippen molar-refractivity contribution >= 4 is 23.8 Å². The average molecular weight is 312 g/mol. The highest BCUT2D eigenvalue weighted by Crippen LogP contribution is 2.21. The zero-order valence-corrected chi connectivity index (χ0v) is 13.2. The molecule has 0 atom stereocenters. The van der Waals surface area contributed by atoms with Crippen LogP contribution in [0.15, 0.2) is 18.2 Å². The summed E-state index contributed by atoms with van der Waals surface area (Å²) in [4.78, 5) is 0. The molecule has 2 rings (SSSR count). The third kappa shape index (κ3) is 3.61. The molecular formula is C14H18ClN3OS. The summed E-state index contributed by atoms with van der Waals surface area (Å²) >= 11 is 11.1. The largest absolute Gasteiger partial charge is 0.493 e. The van der Waals surface area contributed by atoms with Gasteiger partial charge in [0.1, 0.15) is 11.6 Å². The van der Waals surface area contributed by atoms with E-state index in [0.29, 0.717) is 11.4 Å². The summed E-state index contributed by atoms with van der Waals surface area (Å²) in [6, 6.07) is 5.64. The van der Waals surface area contributed by atoms with E-state index in [1.807, 2.05) is 29.7 Å². The molecule has 0 bridgehead atoms. The Labute approximate surface area is 128 Å². The van der Waals surface area contributed by atoms with Crippen molar-refractivity contribution in [3.05, 3.63) is 39.4 Å². The van der Waals surface area contributed by atoms with Crippen molar-refractivity contribution in [2.45, 2.75) is 33.2 Å². The zero-order chi connectivity index (χ0) is 14.5. The number of aryl methyl sites for hydroxylation is 2. The van der Waals surface area contributed by atoms with Gasteiger partial charge in [0.15, 0.2) is 4.77 Å². The summed E-state index contributed by atoms with van der Waals surface area (Å²) < 4.78 is 8.44. The van der Waals surface area contributed by atoms with E-state index < -0.39 is 0 Å². The second-order valence-corrected chi connectivity index (χ2v) is 5.37. The van der Waals surface area contributed by atoms with Gasteiger partial charge in [0.25, 0.3) is 0 Å². The minimum atomic E-state index is 0.645. The molecule has 4 nitrogen and oxygen atoms in total. The summed E-state index contributed by atoms with van der Waals surface area (Å²) in [6.07, 6.45) is 1.73.